The largest absolute Gasteiger partial charge is 4.00 e. The fraction of sp³-hybridized carbons (Fsp3) is 0.167. The van der Waals surface area contributed by atoms with Crippen molar-refractivity contribution in [2.75, 3.05) is 0 Å². The van der Waals surface area contributed by atoms with E-state index in [4.69, 9.17) is 0 Å². The number of halogens is 4. The Hall–Kier alpha value is -1.26. The van der Waals surface area contributed by atoms with Gasteiger partial charge in [-0.25, -0.2) is 0 Å². The molecule has 212 valence electrons. The summed E-state index contributed by atoms with van der Waals surface area (Å²) < 4.78 is 2.23. The molecule has 0 aliphatic carbocycles. The van der Waals surface area contributed by atoms with Crippen molar-refractivity contribution in [1.82, 2.24) is 0 Å². The second kappa shape index (κ2) is 14.2. The zero-order valence-electron chi connectivity index (χ0n) is 24.2. The van der Waals surface area contributed by atoms with E-state index in [1.807, 2.05) is 0 Å². The van der Waals surface area contributed by atoms with Gasteiger partial charge >= 0.3 is 26.2 Å². The molecule has 0 radical (unpaired) electrons. The van der Waals surface area contributed by atoms with Crippen LogP contribution in [0.25, 0.3) is 43.8 Å². The van der Waals surface area contributed by atoms with Crippen LogP contribution < -0.4 is 35.2 Å². The molecule has 0 N–H and O–H groups in total. The molecule has 42 heavy (non-hydrogen) atoms. The van der Waals surface area contributed by atoms with Crippen molar-refractivity contribution >= 4 is 71.9 Å². The van der Waals surface area contributed by atoms with Crippen LogP contribution in [0.5, 0.6) is 0 Å². The molecule has 0 saturated carbocycles. The quantitative estimate of drug-likeness (QED) is 0.175. The van der Waals surface area contributed by atoms with E-state index in [1.165, 1.54) is 54.9 Å². The topological polar surface area (TPSA) is 0 Å². The number of rotatable bonds is 6. The first kappa shape index (κ1) is 35.2. The minimum atomic E-state index is -2.19. The monoisotopic (exact) mass is 810 g/mol. The summed E-state index contributed by atoms with van der Waals surface area (Å²) in [5.41, 5.74) is 8.22. The number of benzene rings is 4. The molecule has 0 aliphatic heterocycles. The molecule has 0 atom stereocenters. The van der Waals surface area contributed by atoms with Gasteiger partial charge < -0.3 is 24.8 Å². The number of fused-ring (bicyclic) bond motifs is 2. The van der Waals surface area contributed by atoms with E-state index in [9.17, 15) is 0 Å². The molecule has 0 amide bonds. The molecule has 6 heteroatoms. The Morgan fingerprint density at radius 1 is 0.595 bits per heavy atom. The van der Waals surface area contributed by atoms with Crippen LogP contribution in [0.1, 0.15) is 25.0 Å². The summed E-state index contributed by atoms with van der Waals surface area (Å²) in [6.07, 6.45) is 2.08. The third-order valence-electron chi connectivity index (χ3n) is 8.28. The standard InChI is InChI=1S/C36H32Br2Si.2ClH.Zr/c1-5-23-19-27-13-9-17-31(25-11-7-15-29(37)21-25)33(27)35(23)39(3,4)36-24(6-2)20-28-14-10-18-32(34(28)36)26-12-8-16-30(38)22-26;;;/h7-22H,5-6H2,1-4H3;2*1H;/q-2;;;+4/p-2. The number of hydrogen-bond donors (Lipinski definition) is 0. The average molecular weight is 815 g/mol. The summed E-state index contributed by atoms with van der Waals surface area (Å²) in [7, 11) is -2.19. The van der Waals surface area contributed by atoms with E-state index < -0.39 is 8.07 Å². The maximum Gasteiger partial charge on any atom is 4.00 e. The van der Waals surface area contributed by atoms with Crippen molar-refractivity contribution in [3.8, 4) is 22.3 Å². The predicted molar refractivity (Wildman–Crippen MR) is 181 cm³/mol. The van der Waals surface area contributed by atoms with Crippen LogP contribution in [0.3, 0.4) is 0 Å². The van der Waals surface area contributed by atoms with Crippen molar-refractivity contribution in [3.63, 3.8) is 0 Å². The summed E-state index contributed by atoms with van der Waals surface area (Å²) in [4.78, 5) is 0. The van der Waals surface area contributed by atoms with Crippen molar-refractivity contribution in [2.45, 2.75) is 39.8 Å². The SMILES string of the molecule is CCc1[cH-]c2cccc(-c3cccc(Br)c3)c2c1[Si](C)(C)c1c(CC)[cH-]c2cccc(-c3cccc(Br)c3)c12.[Cl-].[Cl-].[Zr+4]. The van der Waals surface area contributed by atoms with Crippen LogP contribution in [0, 0.1) is 0 Å². The van der Waals surface area contributed by atoms with Crippen LogP contribution in [0.2, 0.25) is 13.1 Å². The summed E-state index contributed by atoms with van der Waals surface area (Å²) >= 11 is 7.44. The van der Waals surface area contributed by atoms with Gasteiger partial charge in [0.1, 0.15) is 0 Å². The summed E-state index contributed by atoms with van der Waals surface area (Å²) in [5, 5.41) is 8.81. The summed E-state index contributed by atoms with van der Waals surface area (Å²) in [6.45, 7) is 9.81. The van der Waals surface area contributed by atoms with E-state index in [2.05, 4.69) is 156 Å². The second-order valence-corrected chi connectivity index (χ2v) is 17.1. The minimum Gasteiger partial charge on any atom is -1.00 e. The van der Waals surface area contributed by atoms with Gasteiger partial charge in [0, 0.05) is 17.0 Å². The first-order valence-corrected chi connectivity index (χ1v) is 18.4. The zero-order valence-corrected chi connectivity index (χ0v) is 32.3. The third kappa shape index (κ3) is 6.15. The molecule has 0 saturated heterocycles. The van der Waals surface area contributed by atoms with Gasteiger partial charge in [-0.05, 0) is 48.2 Å². The Bertz CT molecular complexity index is 1720. The molecule has 6 aromatic rings. The van der Waals surface area contributed by atoms with Gasteiger partial charge in [-0.2, -0.15) is 10.4 Å². The van der Waals surface area contributed by atoms with Gasteiger partial charge in [-0.1, -0.05) is 106 Å². The number of hydrogen-bond acceptors (Lipinski definition) is 0. The van der Waals surface area contributed by atoms with Gasteiger partial charge in [0.05, 0.1) is 0 Å². The molecule has 0 unspecified atom stereocenters. The van der Waals surface area contributed by atoms with E-state index in [1.54, 1.807) is 10.4 Å². The van der Waals surface area contributed by atoms with Crippen molar-refractivity contribution < 1.29 is 51.0 Å². The van der Waals surface area contributed by atoms with Crippen molar-refractivity contribution in [2.24, 2.45) is 0 Å². The molecule has 0 nitrogen and oxygen atoms in total. The maximum absolute atomic E-state index is 3.72. The van der Waals surface area contributed by atoms with Crippen LogP contribution in [-0.2, 0) is 39.0 Å². The Kier molecular flexibility index (Phi) is 11.9. The van der Waals surface area contributed by atoms with Crippen molar-refractivity contribution in [1.29, 1.82) is 0 Å². The van der Waals surface area contributed by atoms with E-state index >= 15 is 0 Å². The molecular weight excluding hydrogens is 782 g/mol. The smallest absolute Gasteiger partial charge is 1.00 e. The molecule has 0 heterocycles. The van der Waals surface area contributed by atoms with E-state index in [-0.39, 0.29) is 51.0 Å². The molecular formula is C36H32Br2Cl2SiZr. The summed E-state index contributed by atoms with van der Waals surface area (Å²) in [5.74, 6) is 0. The normalized spacial score (nSPS) is 11.2. The Labute approximate surface area is 299 Å². The Morgan fingerprint density at radius 3 is 1.33 bits per heavy atom. The van der Waals surface area contributed by atoms with Gasteiger partial charge in [0.2, 0.25) is 0 Å². The molecule has 0 aromatic heterocycles. The maximum atomic E-state index is 3.72. The van der Waals surface area contributed by atoms with Crippen LogP contribution in [0.4, 0.5) is 0 Å². The number of aryl methyl sites for hydroxylation is 2. The molecule has 6 rings (SSSR count). The van der Waals surface area contributed by atoms with Gasteiger partial charge in [-0.3, -0.25) is 0 Å². The van der Waals surface area contributed by atoms with Crippen LogP contribution >= 0.6 is 31.9 Å². The fourth-order valence-corrected chi connectivity index (χ4v) is 11.6. The Balaban J connectivity index is 0.00000161. The Morgan fingerprint density at radius 2 is 0.976 bits per heavy atom. The van der Waals surface area contributed by atoms with Crippen LogP contribution in [0.15, 0.2) is 106 Å². The molecule has 0 fully saturated rings. The average Bonchev–Trinajstić information content (AvgIpc) is 3.52. The molecule has 0 aliphatic rings. The van der Waals surface area contributed by atoms with Crippen LogP contribution in [-0.4, -0.2) is 8.07 Å². The first-order chi connectivity index (χ1) is 18.8. The predicted octanol–water partition coefficient (Wildman–Crippen LogP) is 4.24. The first-order valence-electron chi connectivity index (χ1n) is 13.8. The second-order valence-electron chi connectivity index (χ2n) is 11.0. The molecule has 6 aromatic carbocycles. The third-order valence-corrected chi connectivity index (χ3v) is 12.9. The molecule has 0 bridgehead atoms. The molecule has 0 spiro atoms. The van der Waals surface area contributed by atoms with E-state index in [0.29, 0.717) is 0 Å². The summed E-state index contributed by atoms with van der Waals surface area (Å²) in [6, 6.07) is 36.1. The van der Waals surface area contributed by atoms with Crippen molar-refractivity contribution in [3.05, 3.63) is 117 Å². The fourth-order valence-electron chi connectivity index (χ4n) is 6.68. The van der Waals surface area contributed by atoms with Gasteiger partial charge in [0.15, 0.2) is 0 Å². The van der Waals surface area contributed by atoms with E-state index in [0.717, 1.165) is 21.8 Å². The zero-order chi connectivity index (χ0) is 27.3. The van der Waals surface area contributed by atoms with Gasteiger partial charge in [-0.15, -0.1) is 69.1 Å². The van der Waals surface area contributed by atoms with Gasteiger partial charge in [0.25, 0.3) is 0 Å². The minimum absolute atomic E-state index is 0.